The number of rotatable bonds is 2. The molecule has 118 valence electrons. The molecule has 8 heteroatoms. The molecule has 1 aliphatic heterocycles. The van der Waals surface area contributed by atoms with E-state index in [1.165, 1.54) is 16.2 Å². The van der Waals surface area contributed by atoms with Crippen molar-refractivity contribution >= 4 is 24.4 Å². The summed E-state index contributed by atoms with van der Waals surface area (Å²) in [5.41, 5.74) is -0.0635. The molecule has 0 bridgehead atoms. The van der Waals surface area contributed by atoms with Crippen molar-refractivity contribution in [3.8, 4) is 0 Å². The van der Waals surface area contributed by atoms with Crippen molar-refractivity contribution in [1.29, 1.82) is 0 Å². The summed E-state index contributed by atoms with van der Waals surface area (Å²) in [6.07, 6.45) is -0.676. The number of carbonyl (C=O) groups is 1. The number of likely N-dealkylation sites (tertiary alicyclic amines) is 1. The Hall–Kier alpha value is -1.18. The molecule has 1 aromatic rings. The van der Waals surface area contributed by atoms with E-state index in [1.807, 2.05) is 0 Å². The lowest BCUT2D eigenvalue weighted by atomic mass is 9.65. The lowest BCUT2D eigenvalue weighted by molar-refractivity contribution is 0.0292. The average molecular weight is 320 g/mol. The summed E-state index contributed by atoms with van der Waals surface area (Å²) in [4.78, 5) is 13.2. The van der Waals surface area contributed by atoms with Crippen molar-refractivity contribution in [3.63, 3.8) is 0 Å². The predicted octanol–water partition coefficient (Wildman–Crippen LogP) is 4.30. The van der Waals surface area contributed by atoms with Crippen molar-refractivity contribution in [1.82, 2.24) is 4.90 Å². The first-order valence-electron chi connectivity index (χ1n) is 6.78. The largest absolute Gasteiger partial charge is 0.483 e. The highest BCUT2D eigenvalue weighted by Crippen LogP contribution is 2.45. The molecular weight excluding hydrogens is 302 g/mol. The number of halogens is 3. The summed E-state index contributed by atoms with van der Waals surface area (Å²) in [7, 11) is 0. The summed E-state index contributed by atoms with van der Waals surface area (Å²) >= 11 is 1.36. The summed E-state index contributed by atoms with van der Waals surface area (Å²) in [5.74, 6) is -2.17. The Bertz CT molecular complexity index is 499. The summed E-state index contributed by atoms with van der Waals surface area (Å²) in [6, 6.07) is 1.70. The molecule has 0 aromatic carbocycles. The second-order valence-corrected chi connectivity index (χ2v) is 7.12. The molecule has 2 unspecified atom stereocenters. The highest BCUT2D eigenvalue weighted by Gasteiger charge is 2.47. The minimum Gasteiger partial charge on any atom is -0.449 e. The van der Waals surface area contributed by atoms with Gasteiger partial charge >= 0.3 is 13.1 Å². The molecule has 2 atom stereocenters. The Kier molecular flexibility index (Phi) is 4.28. The maximum Gasteiger partial charge on any atom is 0.483 e. The van der Waals surface area contributed by atoms with E-state index in [-0.39, 0.29) is 13.1 Å². The number of carbonyl (C=O) groups excluding carboxylic acids is 1. The van der Waals surface area contributed by atoms with Crippen LogP contribution in [0.4, 0.5) is 17.7 Å². The first kappa shape index (κ1) is 16.2. The quantitative estimate of drug-likeness (QED) is 0.760. The number of thiophene rings is 1. The van der Waals surface area contributed by atoms with E-state index in [1.54, 1.807) is 37.6 Å². The monoisotopic (exact) mass is 320 g/mol. The van der Waals surface area contributed by atoms with E-state index in [4.69, 9.17) is 4.74 Å². The zero-order valence-corrected chi connectivity index (χ0v) is 13.0. The molecule has 2 rings (SSSR count). The van der Waals surface area contributed by atoms with Crippen LogP contribution in [-0.2, 0) is 4.74 Å². The van der Waals surface area contributed by atoms with Gasteiger partial charge in [-0.2, -0.15) is 11.3 Å². The van der Waals surface area contributed by atoms with Crippen LogP contribution in [0.5, 0.6) is 0 Å². The Morgan fingerprint density at radius 2 is 2.05 bits per heavy atom. The standard InChI is InChI=1S/C13H18BF3NO2S/c1-13(2,3)20-12(19)18-6-10(9-4-5-21-8-9)11(7-18)14(15,16)17/h4-5,8,10-11H,6-7H2,1-3H3/q-1. The van der Waals surface area contributed by atoms with Crippen molar-refractivity contribution in [2.75, 3.05) is 13.1 Å². The van der Waals surface area contributed by atoms with Crippen LogP contribution in [0.15, 0.2) is 16.8 Å². The molecule has 0 spiro atoms. The molecule has 0 aliphatic carbocycles. The van der Waals surface area contributed by atoms with Gasteiger partial charge in [0.2, 0.25) is 0 Å². The molecule has 2 heterocycles. The van der Waals surface area contributed by atoms with Gasteiger partial charge in [0.25, 0.3) is 0 Å². The number of amides is 1. The molecular formula is C13H18BF3NO2S-. The van der Waals surface area contributed by atoms with E-state index in [2.05, 4.69) is 0 Å². The van der Waals surface area contributed by atoms with Crippen molar-refractivity contribution in [2.45, 2.75) is 38.1 Å². The SMILES string of the molecule is CC(C)(C)OC(=O)N1CC(c2ccsc2)C([B-](F)(F)F)C1. The Labute approximate surface area is 126 Å². The summed E-state index contributed by atoms with van der Waals surface area (Å²) in [5, 5.41) is 3.48. The molecule has 1 saturated heterocycles. The Morgan fingerprint density at radius 3 is 2.52 bits per heavy atom. The Balaban J connectivity index is 2.17. The van der Waals surface area contributed by atoms with Crippen molar-refractivity contribution < 1.29 is 22.5 Å². The molecule has 0 N–H and O–H groups in total. The predicted molar refractivity (Wildman–Crippen MR) is 77.7 cm³/mol. The highest BCUT2D eigenvalue weighted by molar-refractivity contribution is 7.08. The zero-order chi connectivity index (χ0) is 15.8. The molecule has 0 saturated carbocycles. The van der Waals surface area contributed by atoms with Crippen LogP contribution < -0.4 is 0 Å². The van der Waals surface area contributed by atoms with Gasteiger partial charge in [-0.05, 0) is 54.9 Å². The van der Waals surface area contributed by atoms with Gasteiger partial charge < -0.3 is 22.6 Å². The van der Waals surface area contributed by atoms with Crippen molar-refractivity contribution in [3.05, 3.63) is 22.4 Å². The number of hydrogen-bond acceptors (Lipinski definition) is 3. The topological polar surface area (TPSA) is 29.5 Å². The van der Waals surface area contributed by atoms with E-state index in [0.29, 0.717) is 5.56 Å². The zero-order valence-electron chi connectivity index (χ0n) is 12.2. The summed E-state index contributed by atoms with van der Waals surface area (Å²) < 4.78 is 45.0. The molecule has 0 radical (unpaired) electrons. The lowest BCUT2D eigenvalue weighted by Gasteiger charge is -2.27. The molecule has 1 aliphatic rings. The van der Waals surface area contributed by atoms with Crippen LogP contribution in [0, 0.1) is 0 Å². The third kappa shape index (κ3) is 3.93. The third-order valence-electron chi connectivity index (χ3n) is 3.47. The number of ether oxygens (including phenoxy) is 1. The second-order valence-electron chi connectivity index (χ2n) is 6.34. The van der Waals surface area contributed by atoms with Crippen LogP contribution in [0.1, 0.15) is 32.3 Å². The van der Waals surface area contributed by atoms with E-state index >= 15 is 0 Å². The first-order valence-corrected chi connectivity index (χ1v) is 7.72. The van der Waals surface area contributed by atoms with Gasteiger partial charge in [0.1, 0.15) is 5.60 Å². The fourth-order valence-corrected chi connectivity index (χ4v) is 3.25. The van der Waals surface area contributed by atoms with Crippen LogP contribution in [0.25, 0.3) is 0 Å². The van der Waals surface area contributed by atoms with Crippen LogP contribution >= 0.6 is 11.3 Å². The first-order chi connectivity index (χ1) is 9.58. The van der Waals surface area contributed by atoms with E-state index in [0.717, 1.165) is 0 Å². The van der Waals surface area contributed by atoms with Gasteiger partial charge in [-0.25, -0.2) is 4.79 Å². The Morgan fingerprint density at radius 1 is 1.38 bits per heavy atom. The van der Waals surface area contributed by atoms with Crippen LogP contribution in [-0.4, -0.2) is 36.7 Å². The van der Waals surface area contributed by atoms with Crippen molar-refractivity contribution in [2.24, 2.45) is 0 Å². The van der Waals surface area contributed by atoms with E-state index in [9.17, 15) is 17.7 Å². The third-order valence-corrected chi connectivity index (χ3v) is 4.18. The number of hydrogen-bond donors (Lipinski definition) is 0. The number of nitrogens with zero attached hydrogens (tertiary/aromatic N) is 1. The fraction of sp³-hybridized carbons (Fsp3) is 0.615. The maximum atomic E-state index is 13.3. The molecule has 3 nitrogen and oxygen atoms in total. The fourth-order valence-electron chi connectivity index (χ4n) is 2.53. The van der Waals surface area contributed by atoms with Gasteiger partial charge in [-0.15, -0.1) is 0 Å². The molecule has 21 heavy (non-hydrogen) atoms. The van der Waals surface area contributed by atoms with Gasteiger partial charge in [0.15, 0.2) is 0 Å². The van der Waals surface area contributed by atoms with E-state index < -0.39 is 30.4 Å². The van der Waals surface area contributed by atoms with Gasteiger partial charge in [-0.1, -0.05) is 0 Å². The maximum absolute atomic E-state index is 13.3. The van der Waals surface area contributed by atoms with Crippen LogP contribution in [0.2, 0.25) is 5.82 Å². The normalized spacial score (nSPS) is 23.4. The minimum atomic E-state index is -5.01. The summed E-state index contributed by atoms with van der Waals surface area (Å²) in [6.45, 7) is -0.184. The lowest BCUT2D eigenvalue weighted by Crippen LogP contribution is -2.36. The molecule has 1 aromatic heterocycles. The van der Waals surface area contributed by atoms with Gasteiger partial charge in [0.05, 0.1) is 0 Å². The minimum absolute atomic E-state index is 0.0531. The second kappa shape index (κ2) is 5.55. The van der Waals surface area contributed by atoms with Gasteiger partial charge in [-0.3, -0.25) is 0 Å². The average Bonchev–Trinajstić information content (AvgIpc) is 2.94. The smallest absolute Gasteiger partial charge is 0.449 e. The highest BCUT2D eigenvalue weighted by atomic mass is 32.1. The molecule has 1 amide bonds. The molecule has 1 fully saturated rings. The van der Waals surface area contributed by atoms with Gasteiger partial charge in [0, 0.05) is 13.1 Å². The van der Waals surface area contributed by atoms with Crippen LogP contribution in [0.3, 0.4) is 0 Å².